The predicted octanol–water partition coefficient (Wildman–Crippen LogP) is 14.0. The van der Waals surface area contributed by atoms with E-state index in [0.717, 1.165) is 112 Å². The molecule has 0 aliphatic carbocycles. The first kappa shape index (κ1) is 52.2. The first-order valence-corrected chi connectivity index (χ1v) is 28.0. The molecule has 0 amide bonds. The van der Waals surface area contributed by atoms with Gasteiger partial charge in [-0.15, -0.1) is 0 Å². The number of halogens is 2. The molecule has 2 aromatic carbocycles. The summed E-state index contributed by atoms with van der Waals surface area (Å²) >= 11 is 6.89. The van der Waals surface area contributed by atoms with E-state index in [1.165, 1.54) is 19.3 Å². The molecule has 8 rings (SSSR count). The highest BCUT2D eigenvalue weighted by Gasteiger charge is 2.27. The van der Waals surface area contributed by atoms with E-state index in [9.17, 15) is 8.42 Å². The van der Waals surface area contributed by atoms with Crippen molar-refractivity contribution < 1.29 is 17.9 Å². The average Bonchev–Trinajstić information content (AvgIpc) is 3.93. The maximum absolute atomic E-state index is 12.8. The van der Waals surface area contributed by atoms with Gasteiger partial charge < -0.3 is 9.47 Å². The molecule has 4 aromatic heterocycles. The van der Waals surface area contributed by atoms with Crippen molar-refractivity contribution >= 4 is 75.3 Å². The second-order valence-corrected chi connectivity index (χ2v) is 25.6. The van der Waals surface area contributed by atoms with E-state index < -0.39 is 21.6 Å². The lowest BCUT2D eigenvalue weighted by Gasteiger charge is -2.23. The van der Waals surface area contributed by atoms with Crippen LogP contribution in [0.5, 0.6) is 0 Å². The van der Waals surface area contributed by atoms with Crippen molar-refractivity contribution in [3.05, 3.63) is 106 Å². The molecule has 6 aromatic rings. The van der Waals surface area contributed by atoms with E-state index in [1.807, 2.05) is 87.6 Å². The molecule has 358 valence electrons. The Hall–Kier alpha value is -3.14. The van der Waals surface area contributed by atoms with Gasteiger partial charge >= 0.3 is 0 Å². The van der Waals surface area contributed by atoms with Crippen molar-refractivity contribution in [1.29, 1.82) is 0 Å². The molecule has 6 atom stereocenters. The molecule has 2 aliphatic rings. The van der Waals surface area contributed by atoms with E-state index in [2.05, 4.69) is 109 Å². The number of hydrogen-bond acceptors (Lipinski definition) is 8. The quantitative estimate of drug-likeness (QED) is 0.105. The number of fused-ring (bicyclic) bond motifs is 2. The number of rotatable bonds is 13. The molecule has 6 heterocycles. The van der Waals surface area contributed by atoms with Crippen molar-refractivity contribution in [2.45, 2.75) is 153 Å². The van der Waals surface area contributed by atoms with E-state index in [1.54, 1.807) is 0 Å². The second kappa shape index (κ2) is 24.4. The standard InChI is InChI=1S/C26H35N3O2S.C14H22BrNOS.C12H13BrN2O/c1-5-9-21(18-32(30)26(2,3)4)23-11-8-10-22(28-23)19-13-14-20-17-27-29(24(20)16-19)25-12-6-7-15-31-25;1-5-7-11(10-18(17)14(2,3)4)12-8-6-9-13(15)16-12;13-10-5-4-9-8-14-15(11(9)7-10)12-3-1-2-6-16-12/h8,10-11,13-14,16-17,21,25H,5-7,9,12,15,18H2,1-4H3;6,8-9,11H,5,7,10H2,1-4H3;4-5,7-8,12H,1-3,6H2/t21-,25?,32+;11-,18+;/m11./s1. The van der Waals surface area contributed by atoms with Gasteiger partial charge in [-0.1, -0.05) is 73.0 Å². The molecule has 2 unspecified atom stereocenters. The lowest BCUT2D eigenvalue weighted by atomic mass is 10.00. The Bertz CT molecular complexity index is 2520. The maximum atomic E-state index is 12.8. The van der Waals surface area contributed by atoms with Gasteiger partial charge in [0.05, 0.1) is 29.1 Å². The number of hydrogen-bond donors (Lipinski definition) is 0. The van der Waals surface area contributed by atoms with Gasteiger partial charge in [0.2, 0.25) is 0 Å². The highest BCUT2D eigenvalue weighted by atomic mass is 79.9. The summed E-state index contributed by atoms with van der Waals surface area (Å²) in [7, 11) is -1.74. The molecule has 0 bridgehead atoms. The van der Waals surface area contributed by atoms with Crippen molar-refractivity contribution in [2.24, 2.45) is 0 Å². The van der Waals surface area contributed by atoms with Crippen molar-refractivity contribution in [3.63, 3.8) is 0 Å². The van der Waals surface area contributed by atoms with Crippen molar-refractivity contribution in [3.8, 4) is 11.3 Å². The van der Waals surface area contributed by atoms with Gasteiger partial charge in [0, 0.05) is 99.8 Å². The number of benzene rings is 2. The zero-order valence-corrected chi connectivity index (χ0v) is 45.0. The molecule has 2 aliphatic heterocycles. The number of ether oxygens (including phenoxy) is 2. The highest BCUT2D eigenvalue weighted by molar-refractivity contribution is 9.10. The Labute approximate surface area is 415 Å². The number of aromatic nitrogens is 6. The minimum atomic E-state index is -0.905. The average molecular weight is 1070 g/mol. The molecule has 2 fully saturated rings. The molecule has 0 N–H and O–H groups in total. The van der Waals surface area contributed by atoms with Crippen LogP contribution in [0.2, 0.25) is 0 Å². The highest BCUT2D eigenvalue weighted by Crippen LogP contribution is 2.32. The molecule has 14 heteroatoms. The smallest absolute Gasteiger partial charge is 0.150 e. The summed E-state index contributed by atoms with van der Waals surface area (Å²) in [6.07, 6.45) is 14.8. The summed E-state index contributed by atoms with van der Waals surface area (Å²) in [4.78, 5) is 9.54. The van der Waals surface area contributed by atoms with Gasteiger partial charge in [0.1, 0.15) is 4.60 Å². The first-order valence-electron chi connectivity index (χ1n) is 23.8. The third kappa shape index (κ3) is 14.4. The molecule has 66 heavy (non-hydrogen) atoms. The van der Waals surface area contributed by atoms with E-state index >= 15 is 0 Å². The summed E-state index contributed by atoms with van der Waals surface area (Å²) < 4.78 is 42.4. The Morgan fingerprint density at radius 3 is 1.64 bits per heavy atom. The summed E-state index contributed by atoms with van der Waals surface area (Å²) in [6, 6.07) is 24.8. The third-order valence-electron chi connectivity index (χ3n) is 12.0. The van der Waals surface area contributed by atoms with Crippen LogP contribution in [0.1, 0.15) is 155 Å². The molecule has 10 nitrogen and oxygen atoms in total. The topological polar surface area (TPSA) is 114 Å². The number of nitrogens with zero attached hydrogens (tertiary/aromatic N) is 6. The Balaban J connectivity index is 0.000000179. The van der Waals surface area contributed by atoms with Crippen molar-refractivity contribution in [1.82, 2.24) is 29.5 Å². The van der Waals surface area contributed by atoms with Gasteiger partial charge in [0.15, 0.2) is 12.5 Å². The Morgan fingerprint density at radius 2 is 1.15 bits per heavy atom. The van der Waals surface area contributed by atoms with E-state index in [0.29, 0.717) is 11.5 Å². The van der Waals surface area contributed by atoms with Crippen molar-refractivity contribution in [2.75, 3.05) is 24.7 Å². The minimum Gasteiger partial charge on any atom is -0.356 e. The van der Waals surface area contributed by atoms with Crippen LogP contribution >= 0.6 is 31.9 Å². The number of pyridine rings is 2. The van der Waals surface area contributed by atoms with Crippen LogP contribution in [0.4, 0.5) is 0 Å². The Kier molecular flexibility index (Phi) is 19.3. The molecule has 0 radical (unpaired) electrons. The minimum absolute atomic E-state index is 0.0112. The first-order chi connectivity index (χ1) is 31.5. The summed E-state index contributed by atoms with van der Waals surface area (Å²) in [5.41, 5.74) is 6.32. The lowest BCUT2D eigenvalue weighted by Crippen LogP contribution is -2.27. The zero-order chi connectivity index (χ0) is 47.4. The summed E-state index contributed by atoms with van der Waals surface area (Å²) in [5, 5.41) is 11.3. The van der Waals surface area contributed by atoms with Crippen LogP contribution in [0.15, 0.2) is 94.3 Å². The van der Waals surface area contributed by atoms with Crippen LogP contribution in [0, 0.1) is 0 Å². The normalized spacial score (nSPS) is 18.7. The van der Waals surface area contributed by atoms with E-state index in [-0.39, 0.29) is 33.8 Å². The van der Waals surface area contributed by atoms with Crippen LogP contribution in [-0.2, 0) is 31.1 Å². The van der Waals surface area contributed by atoms with Crippen LogP contribution < -0.4 is 0 Å². The zero-order valence-electron chi connectivity index (χ0n) is 40.2. The van der Waals surface area contributed by atoms with Gasteiger partial charge in [0.25, 0.3) is 0 Å². The fourth-order valence-electron chi connectivity index (χ4n) is 8.19. The maximum Gasteiger partial charge on any atom is 0.150 e. The summed E-state index contributed by atoms with van der Waals surface area (Å²) in [6.45, 7) is 18.2. The van der Waals surface area contributed by atoms with Gasteiger partial charge in [-0.25, -0.2) is 14.3 Å². The van der Waals surface area contributed by atoms with Crippen LogP contribution in [0.25, 0.3) is 33.1 Å². The van der Waals surface area contributed by atoms with E-state index in [4.69, 9.17) is 14.5 Å². The lowest BCUT2D eigenvalue weighted by molar-refractivity contribution is -0.0367. The van der Waals surface area contributed by atoms with Gasteiger partial charge in [-0.2, -0.15) is 10.2 Å². The Morgan fingerprint density at radius 1 is 0.652 bits per heavy atom. The molecular weight excluding hydrogens is 997 g/mol. The van der Waals surface area contributed by atoms with Crippen LogP contribution in [-0.4, -0.2) is 72.2 Å². The largest absolute Gasteiger partial charge is 0.356 e. The monoisotopic (exact) mass is 1060 g/mol. The molecule has 0 saturated carbocycles. The molecule has 0 spiro atoms. The summed E-state index contributed by atoms with van der Waals surface area (Å²) in [5.74, 6) is 1.83. The van der Waals surface area contributed by atoms with Crippen LogP contribution in [0.3, 0.4) is 0 Å². The predicted molar refractivity (Wildman–Crippen MR) is 281 cm³/mol. The fourth-order valence-corrected chi connectivity index (χ4v) is 11.3. The van der Waals surface area contributed by atoms with Gasteiger partial charge in [-0.3, -0.25) is 13.4 Å². The third-order valence-corrected chi connectivity index (χ3v) is 17.1. The second-order valence-electron chi connectivity index (χ2n) is 19.4. The fraction of sp³-hybridized carbons (Fsp3) is 0.538. The molecule has 2 saturated heterocycles. The van der Waals surface area contributed by atoms with Gasteiger partial charge in [-0.05, 0) is 151 Å². The molecular formula is C52H70Br2N6O4S2. The SMILES string of the molecule is Brc1ccc2cnn(C3CCCCO3)c2c1.CCC[C@H](C[S@](=O)C(C)(C)C)c1cccc(-c2ccc3cnn(C4CCCCO4)c3c2)n1.CCC[C@H](C[S@](=O)C(C)(C)C)c1cccc(Br)n1.